The highest BCUT2D eigenvalue weighted by molar-refractivity contribution is 7.09. The number of aliphatic carboxylic acids is 1. The molecule has 0 aliphatic rings. The molecule has 232 valence electrons. The molecule has 1 aromatic heterocycles. The summed E-state index contributed by atoms with van der Waals surface area (Å²) in [5, 5.41) is 15.0. The minimum absolute atomic E-state index is 0.102. The van der Waals surface area contributed by atoms with Crippen molar-refractivity contribution in [3.05, 3.63) is 99.4 Å². The van der Waals surface area contributed by atoms with E-state index in [9.17, 15) is 14.7 Å². The van der Waals surface area contributed by atoms with Gasteiger partial charge >= 0.3 is 12.0 Å². The summed E-state index contributed by atoms with van der Waals surface area (Å²) in [6.07, 6.45) is 2.31. The van der Waals surface area contributed by atoms with Crippen LogP contribution in [0.2, 0.25) is 0 Å². The fourth-order valence-electron chi connectivity index (χ4n) is 5.49. The molecule has 8 heteroatoms. The zero-order valence-electron chi connectivity index (χ0n) is 26.6. The standard InChI is InChI=1S/C36H44N4O3S/c1-7-28(8-2)29-16-18-31(19-17-29)40(24(3)4)20-27-12-14-30(15-13-27)32-23-44-33(37-32)21-39(22-34(41)42)36(43)38-35-25(5)10-9-11-26(35)6/h9-19,23-24,28H,7-8,20-22H2,1-6H3,(H,38,43)(H,41,42). The van der Waals surface area contributed by atoms with Crippen molar-refractivity contribution in [2.24, 2.45) is 0 Å². The highest BCUT2D eigenvalue weighted by Gasteiger charge is 2.21. The number of hydrogen-bond donors (Lipinski definition) is 2. The molecule has 2 N–H and O–H groups in total. The predicted octanol–water partition coefficient (Wildman–Crippen LogP) is 8.86. The van der Waals surface area contributed by atoms with Crippen molar-refractivity contribution in [3.63, 3.8) is 0 Å². The van der Waals surface area contributed by atoms with Crippen molar-refractivity contribution in [3.8, 4) is 11.3 Å². The van der Waals surface area contributed by atoms with E-state index in [4.69, 9.17) is 4.98 Å². The maximum Gasteiger partial charge on any atom is 0.323 e. The van der Waals surface area contributed by atoms with Crippen LogP contribution in [0.4, 0.5) is 16.2 Å². The molecule has 44 heavy (non-hydrogen) atoms. The second-order valence-corrected chi connectivity index (χ2v) is 12.5. The predicted molar refractivity (Wildman–Crippen MR) is 182 cm³/mol. The first-order chi connectivity index (χ1) is 21.1. The number of nitrogens with one attached hydrogen (secondary N) is 1. The molecule has 0 bridgehead atoms. The van der Waals surface area contributed by atoms with Crippen molar-refractivity contribution < 1.29 is 14.7 Å². The van der Waals surface area contributed by atoms with Crippen LogP contribution in [-0.4, -0.2) is 39.6 Å². The van der Waals surface area contributed by atoms with Crippen LogP contribution < -0.4 is 10.2 Å². The number of para-hydroxylation sites is 1. The van der Waals surface area contributed by atoms with E-state index >= 15 is 0 Å². The number of hydrogen-bond acceptors (Lipinski definition) is 5. The van der Waals surface area contributed by atoms with Gasteiger partial charge in [-0.2, -0.15) is 0 Å². The first kappa shape index (κ1) is 32.7. The number of aryl methyl sites for hydroxylation is 2. The molecular formula is C36H44N4O3S. The lowest BCUT2D eigenvalue weighted by Gasteiger charge is -2.30. The van der Waals surface area contributed by atoms with Gasteiger partial charge in [0.1, 0.15) is 11.6 Å². The smallest absolute Gasteiger partial charge is 0.323 e. The van der Waals surface area contributed by atoms with E-state index in [0.29, 0.717) is 22.7 Å². The fourth-order valence-corrected chi connectivity index (χ4v) is 6.31. The van der Waals surface area contributed by atoms with E-state index in [1.807, 2.05) is 37.4 Å². The number of thiazole rings is 1. The van der Waals surface area contributed by atoms with Crippen LogP contribution in [0.3, 0.4) is 0 Å². The first-order valence-electron chi connectivity index (χ1n) is 15.3. The average Bonchev–Trinajstić information content (AvgIpc) is 3.47. The number of carbonyl (C=O) groups excluding carboxylic acids is 1. The van der Waals surface area contributed by atoms with Gasteiger partial charge in [0.15, 0.2) is 0 Å². The second kappa shape index (κ2) is 15.0. The molecule has 0 aliphatic heterocycles. The number of benzene rings is 3. The number of nitrogens with zero attached hydrogens (tertiary/aromatic N) is 3. The molecule has 0 radical (unpaired) electrons. The van der Waals surface area contributed by atoms with E-state index in [1.54, 1.807) is 0 Å². The monoisotopic (exact) mass is 612 g/mol. The third kappa shape index (κ3) is 8.26. The van der Waals surface area contributed by atoms with E-state index in [-0.39, 0.29) is 6.54 Å². The molecule has 1 heterocycles. The Bertz CT molecular complexity index is 1520. The van der Waals surface area contributed by atoms with Crippen molar-refractivity contribution in [1.82, 2.24) is 9.88 Å². The molecule has 0 spiro atoms. The molecule has 0 saturated carbocycles. The van der Waals surface area contributed by atoms with Crippen molar-refractivity contribution in [2.75, 3.05) is 16.8 Å². The van der Waals surface area contributed by atoms with Gasteiger partial charge in [-0.3, -0.25) is 4.79 Å². The first-order valence-corrected chi connectivity index (χ1v) is 16.2. The number of carbonyl (C=O) groups is 2. The maximum absolute atomic E-state index is 13.1. The van der Waals surface area contributed by atoms with Gasteiger partial charge in [0.2, 0.25) is 0 Å². The van der Waals surface area contributed by atoms with Crippen molar-refractivity contribution >= 4 is 34.7 Å². The summed E-state index contributed by atoms with van der Waals surface area (Å²) in [5.74, 6) is -0.470. The lowest BCUT2D eigenvalue weighted by molar-refractivity contribution is -0.137. The Labute approximate surface area is 265 Å². The summed E-state index contributed by atoms with van der Waals surface area (Å²) >= 11 is 1.42. The SMILES string of the molecule is CCC(CC)c1ccc(N(Cc2ccc(-c3csc(CN(CC(=O)O)C(=O)Nc4c(C)cccc4C)n3)cc2)C(C)C)cc1. The third-order valence-corrected chi connectivity index (χ3v) is 8.95. The molecule has 7 nitrogen and oxygen atoms in total. The topological polar surface area (TPSA) is 85.8 Å². The molecule has 2 amide bonds. The van der Waals surface area contributed by atoms with Gasteiger partial charge in [0.05, 0.1) is 12.2 Å². The number of carboxylic acid groups (broad SMARTS) is 1. The Kier molecular flexibility index (Phi) is 11.2. The molecule has 0 saturated heterocycles. The largest absolute Gasteiger partial charge is 0.480 e. The summed E-state index contributed by atoms with van der Waals surface area (Å²) in [6.45, 7) is 13.2. The van der Waals surface area contributed by atoms with Gasteiger partial charge in [0.25, 0.3) is 0 Å². The highest BCUT2D eigenvalue weighted by atomic mass is 32.1. The van der Waals surface area contributed by atoms with E-state index in [2.05, 4.69) is 86.4 Å². The summed E-state index contributed by atoms with van der Waals surface area (Å²) in [5.41, 5.74) is 8.14. The van der Waals surface area contributed by atoms with Crippen LogP contribution in [0, 0.1) is 13.8 Å². The number of carboxylic acids is 1. The Hall–Kier alpha value is -4.17. The van der Waals surface area contributed by atoms with Crippen LogP contribution in [0.15, 0.2) is 72.1 Å². The van der Waals surface area contributed by atoms with Crippen molar-refractivity contribution in [2.45, 2.75) is 79.4 Å². The van der Waals surface area contributed by atoms with Gasteiger partial charge in [0, 0.05) is 34.9 Å². The van der Waals surface area contributed by atoms with E-state index in [1.165, 1.54) is 33.1 Å². The quantitative estimate of drug-likeness (QED) is 0.158. The highest BCUT2D eigenvalue weighted by Crippen LogP contribution is 2.28. The lowest BCUT2D eigenvalue weighted by atomic mass is 9.94. The normalized spacial score (nSPS) is 11.2. The number of amides is 2. The molecule has 4 rings (SSSR count). The second-order valence-electron chi connectivity index (χ2n) is 11.6. The van der Waals surface area contributed by atoms with Gasteiger partial charge in [-0.15, -0.1) is 11.3 Å². The summed E-state index contributed by atoms with van der Waals surface area (Å²) in [6, 6.07) is 23.1. The Balaban J connectivity index is 1.44. The Morgan fingerprint density at radius 3 is 2.11 bits per heavy atom. The number of anilines is 2. The molecule has 0 atom stereocenters. The van der Waals surface area contributed by atoms with Crippen LogP contribution in [0.25, 0.3) is 11.3 Å². The van der Waals surface area contributed by atoms with Crippen LogP contribution in [0.1, 0.15) is 73.7 Å². The average molecular weight is 613 g/mol. The van der Waals surface area contributed by atoms with E-state index < -0.39 is 18.5 Å². The fraction of sp³-hybridized carbons (Fsp3) is 0.361. The molecule has 4 aromatic rings. The Morgan fingerprint density at radius 1 is 0.909 bits per heavy atom. The van der Waals surface area contributed by atoms with Gasteiger partial charge in [-0.05, 0) is 80.8 Å². The summed E-state index contributed by atoms with van der Waals surface area (Å²) < 4.78 is 0. The molecule has 0 aliphatic carbocycles. The summed E-state index contributed by atoms with van der Waals surface area (Å²) in [7, 11) is 0. The number of aromatic nitrogens is 1. The zero-order valence-corrected chi connectivity index (χ0v) is 27.4. The van der Waals surface area contributed by atoms with Gasteiger partial charge in [-0.1, -0.05) is 68.4 Å². The minimum atomic E-state index is -1.08. The molecular weight excluding hydrogens is 568 g/mol. The zero-order chi connectivity index (χ0) is 31.8. The van der Waals surface area contributed by atoms with Crippen molar-refractivity contribution in [1.29, 1.82) is 0 Å². The number of urea groups is 1. The molecule has 3 aromatic carbocycles. The maximum atomic E-state index is 13.1. The molecule has 0 fully saturated rings. The van der Waals surface area contributed by atoms with Crippen LogP contribution >= 0.6 is 11.3 Å². The van der Waals surface area contributed by atoms with Crippen LogP contribution in [0.5, 0.6) is 0 Å². The Morgan fingerprint density at radius 2 is 1.55 bits per heavy atom. The van der Waals surface area contributed by atoms with Gasteiger partial charge in [-0.25, -0.2) is 9.78 Å². The van der Waals surface area contributed by atoms with Gasteiger partial charge < -0.3 is 20.2 Å². The number of rotatable bonds is 13. The lowest BCUT2D eigenvalue weighted by Crippen LogP contribution is -2.38. The summed E-state index contributed by atoms with van der Waals surface area (Å²) in [4.78, 5) is 33.1. The van der Waals surface area contributed by atoms with Crippen LogP contribution in [-0.2, 0) is 17.9 Å². The molecule has 0 unspecified atom stereocenters. The van der Waals surface area contributed by atoms with E-state index in [0.717, 1.165) is 41.8 Å². The minimum Gasteiger partial charge on any atom is -0.480 e. The third-order valence-electron chi connectivity index (χ3n) is 8.11.